The van der Waals surface area contributed by atoms with Crippen molar-refractivity contribution < 1.29 is 9.47 Å². The smallest absolute Gasteiger partial charge is 0.139 e. The molecule has 0 radical (unpaired) electrons. The molecule has 0 spiro atoms. The Morgan fingerprint density at radius 3 is 3.29 bits per heavy atom. The molecule has 1 saturated heterocycles. The van der Waals surface area contributed by atoms with E-state index in [9.17, 15) is 0 Å². The third-order valence-corrected chi connectivity index (χ3v) is 2.72. The molecule has 0 N–H and O–H groups in total. The van der Waals surface area contributed by atoms with Crippen LogP contribution in [0.3, 0.4) is 0 Å². The van der Waals surface area contributed by atoms with Gasteiger partial charge in [0.05, 0.1) is 22.5 Å². The molecule has 2 rings (SSSR count). The Labute approximate surface area is 96.7 Å². The zero-order chi connectivity index (χ0) is 9.80. The summed E-state index contributed by atoms with van der Waals surface area (Å²) in [6.45, 7) is 2.12. The van der Waals surface area contributed by atoms with Crippen molar-refractivity contribution in [2.24, 2.45) is 0 Å². The van der Waals surface area contributed by atoms with Crippen LogP contribution in [0.4, 0.5) is 0 Å². The molecule has 0 saturated carbocycles. The van der Waals surface area contributed by atoms with Crippen molar-refractivity contribution in [1.82, 2.24) is 9.78 Å². The molecule has 1 unspecified atom stereocenters. The first kappa shape index (κ1) is 10.4. The first-order chi connectivity index (χ1) is 6.84. The van der Waals surface area contributed by atoms with Gasteiger partial charge in [0, 0.05) is 12.8 Å². The summed E-state index contributed by atoms with van der Waals surface area (Å²) in [5, 5.41) is 4.14. The van der Waals surface area contributed by atoms with Crippen LogP contribution in [0.25, 0.3) is 0 Å². The average Bonchev–Trinajstić information content (AvgIpc) is 2.63. The number of aromatic nitrogens is 2. The lowest BCUT2D eigenvalue weighted by atomic mass is 10.2. The molecule has 0 bridgehead atoms. The average molecular weight is 308 g/mol. The Balaban J connectivity index is 1.76. The fourth-order valence-corrected chi connectivity index (χ4v) is 1.88. The highest BCUT2D eigenvalue weighted by Crippen LogP contribution is 2.10. The number of ether oxygens (including phenoxy) is 2. The van der Waals surface area contributed by atoms with Gasteiger partial charge < -0.3 is 9.47 Å². The van der Waals surface area contributed by atoms with E-state index in [-0.39, 0.29) is 6.10 Å². The van der Waals surface area contributed by atoms with Crippen LogP contribution in [0.1, 0.15) is 12.8 Å². The third kappa shape index (κ3) is 2.93. The number of nitrogens with zero attached hydrogens (tertiary/aromatic N) is 2. The van der Waals surface area contributed by atoms with Crippen molar-refractivity contribution >= 4 is 22.6 Å². The van der Waals surface area contributed by atoms with E-state index in [0.717, 1.165) is 29.6 Å². The van der Waals surface area contributed by atoms with Gasteiger partial charge >= 0.3 is 0 Å². The van der Waals surface area contributed by atoms with Gasteiger partial charge in [-0.3, -0.25) is 0 Å². The third-order valence-electron chi connectivity index (χ3n) is 2.16. The van der Waals surface area contributed by atoms with E-state index >= 15 is 0 Å². The molecule has 5 heteroatoms. The lowest BCUT2D eigenvalue weighted by Gasteiger charge is -2.22. The van der Waals surface area contributed by atoms with Crippen molar-refractivity contribution in [2.45, 2.75) is 25.7 Å². The summed E-state index contributed by atoms with van der Waals surface area (Å²) in [7, 11) is 0. The number of rotatable bonds is 3. The summed E-state index contributed by atoms with van der Waals surface area (Å²) in [4.78, 5) is 0. The number of halogens is 1. The summed E-state index contributed by atoms with van der Waals surface area (Å²) in [6, 6.07) is 0. The molecule has 1 aliphatic rings. The Kier molecular flexibility index (Phi) is 3.77. The fourth-order valence-electron chi connectivity index (χ4n) is 1.43. The van der Waals surface area contributed by atoms with Crippen LogP contribution < -0.4 is 0 Å². The highest BCUT2D eigenvalue weighted by Gasteiger charge is 2.13. The van der Waals surface area contributed by atoms with Crippen molar-refractivity contribution in [3.63, 3.8) is 0 Å². The highest BCUT2D eigenvalue weighted by molar-refractivity contribution is 14.1. The van der Waals surface area contributed by atoms with E-state index < -0.39 is 0 Å². The summed E-state index contributed by atoms with van der Waals surface area (Å²) in [6.07, 6.45) is 6.22. The van der Waals surface area contributed by atoms with Crippen molar-refractivity contribution in [3.05, 3.63) is 16.0 Å². The topological polar surface area (TPSA) is 36.3 Å². The second-order valence-electron chi connectivity index (χ2n) is 3.33. The summed E-state index contributed by atoms with van der Waals surface area (Å²) in [5.74, 6) is 0. The molecule has 0 aliphatic carbocycles. The van der Waals surface area contributed by atoms with Crippen LogP contribution in [0.5, 0.6) is 0 Å². The molecular formula is C9H13IN2O2. The first-order valence-corrected chi connectivity index (χ1v) is 5.80. The van der Waals surface area contributed by atoms with Crippen LogP contribution in [-0.4, -0.2) is 29.1 Å². The van der Waals surface area contributed by atoms with Gasteiger partial charge in [0.2, 0.25) is 0 Å². The molecule has 1 aliphatic heterocycles. The minimum Gasteiger partial charge on any atom is -0.379 e. The standard InChI is InChI=1S/C9H13IN2O2/c10-8-4-11-12(5-8)7-14-9-2-1-3-13-6-9/h4-5,9H,1-3,6-7H2. The normalized spacial score (nSPS) is 22.5. The van der Waals surface area contributed by atoms with E-state index in [0.29, 0.717) is 6.73 Å². The Bertz CT molecular complexity index is 284. The number of hydrogen-bond donors (Lipinski definition) is 0. The molecule has 0 aromatic carbocycles. The second kappa shape index (κ2) is 5.09. The molecule has 1 fully saturated rings. The van der Waals surface area contributed by atoms with Gasteiger partial charge in [-0.25, -0.2) is 4.68 Å². The zero-order valence-electron chi connectivity index (χ0n) is 7.86. The van der Waals surface area contributed by atoms with Crippen molar-refractivity contribution in [1.29, 1.82) is 0 Å². The van der Waals surface area contributed by atoms with E-state index in [4.69, 9.17) is 9.47 Å². The lowest BCUT2D eigenvalue weighted by Crippen LogP contribution is -2.26. The summed E-state index contributed by atoms with van der Waals surface area (Å²) in [5.41, 5.74) is 0. The summed E-state index contributed by atoms with van der Waals surface area (Å²) < 4.78 is 13.9. The highest BCUT2D eigenvalue weighted by atomic mass is 127. The van der Waals surface area contributed by atoms with Crippen LogP contribution >= 0.6 is 22.6 Å². The van der Waals surface area contributed by atoms with E-state index in [1.54, 1.807) is 4.68 Å². The SMILES string of the molecule is Ic1cnn(COC2CCCOC2)c1. The van der Waals surface area contributed by atoms with Gasteiger partial charge in [-0.15, -0.1) is 0 Å². The molecule has 1 aromatic rings. The van der Waals surface area contributed by atoms with Crippen LogP contribution in [-0.2, 0) is 16.2 Å². The molecule has 1 aromatic heterocycles. The maximum atomic E-state index is 5.65. The molecular weight excluding hydrogens is 295 g/mol. The van der Waals surface area contributed by atoms with Gasteiger partial charge in [-0.1, -0.05) is 0 Å². The van der Waals surface area contributed by atoms with Gasteiger partial charge in [0.1, 0.15) is 6.73 Å². The molecule has 14 heavy (non-hydrogen) atoms. The zero-order valence-corrected chi connectivity index (χ0v) is 10.0. The van der Waals surface area contributed by atoms with Gasteiger partial charge in [0.15, 0.2) is 0 Å². The molecule has 78 valence electrons. The lowest BCUT2D eigenvalue weighted by molar-refractivity contribution is -0.0760. The molecule has 4 nitrogen and oxygen atoms in total. The van der Waals surface area contributed by atoms with Crippen molar-refractivity contribution in [3.8, 4) is 0 Å². The van der Waals surface area contributed by atoms with Crippen LogP contribution in [0.2, 0.25) is 0 Å². The fraction of sp³-hybridized carbons (Fsp3) is 0.667. The van der Waals surface area contributed by atoms with E-state index in [2.05, 4.69) is 27.7 Å². The Morgan fingerprint density at radius 1 is 1.71 bits per heavy atom. The van der Waals surface area contributed by atoms with Gasteiger partial charge in [-0.05, 0) is 35.4 Å². The Morgan fingerprint density at radius 2 is 2.64 bits per heavy atom. The van der Waals surface area contributed by atoms with Crippen LogP contribution in [0.15, 0.2) is 12.4 Å². The first-order valence-electron chi connectivity index (χ1n) is 4.72. The molecule has 0 amide bonds. The van der Waals surface area contributed by atoms with Gasteiger partial charge in [0.25, 0.3) is 0 Å². The predicted octanol–water partition coefficient (Wildman–Crippen LogP) is 1.64. The second-order valence-corrected chi connectivity index (χ2v) is 4.58. The van der Waals surface area contributed by atoms with E-state index in [1.165, 1.54) is 0 Å². The quantitative estimate of drug-likeness (QED) is 0.797. The molecule has 1 atom stereocenters. The minimum atomic E-state index is 0.241. The van der Waals surface area contributed by atoms with E-state index in [1.807, 2.05) is 12.4 Å². The summed E-state index contributed by atoms with van der Waals surface area (Å²) >= 11 is 2.23. The molecule has 2 heterocycles. The van der Waals surface area contributed by atoms with Crippen molar-refractivity contribution in [2.75, 3.05) is 13.2 Å². The van der Waals surface area contributed by atoms with Gasteiger partial charge in [-0.2, -0.15) is 5.10 Å². The maximum absolute atomic E-state index is 5.65. The number of hydrogen-bond acceptors (Lipinski definition) is 3. The largest absolute Gasteiger partial charge is 0.379 e. The predicted molar refractivity (Wildman–Crippen MR) is 59.9 cm³/mol. The monoisotopic (exact) mass is 308 g/mol. The van der Waals surface area contributed by atoms with Crippen LogP contribution in [0, 0.1) is 3.57 Å². The maximum Gasteiger partial charge on any atom is 0.139 e. The Hall–Kier alpha value is -0.140. The minimum absolute atomic E-state index is 0.241.